The number of ether oxygens (including phenoxy) is 3. The Morgan fingerprint density at radius 3 is 2.75 bits per heavy atom. The highest BCUT2D eigenvalue weighted by atomic mass is 35.5. The van der Waals surface area contributed by atoms with Crippen LogP contribution < -0.4 is 4.74 Å². The fourth-order valence-electron chi connectivity index (χ4n) is 3.28. The fourth-order valence-corrected chi connectivity index (χ4v) is 3.83. The van der Waals surface area contributed by atoms with Crippen molar-refractivity contribution in [3.63, 3.8) is 0 Å². The summed E-state index contributed by atoms with van der Waals surface area (Å²) < 4.78 is 20.4. The lowest BCUT2D eigenvalue weighted by Gasteiger charge is -2.30. The van der Waals surface area contributed by atoms with E-state index in [1.54, 1.807) is 24.7 Å². The Morgan fingerprint density at radius 2 is 2.09 bits per heavy atom. The van der Waals surface area contributed by atoms with E-state index in [2.05, 4.69) is 4.98 Å². The first-order valence-corrected chi connectivity index (χ1v) is 10.3. The van der Waals surface area contributed by atoms with Crippen molar-refractivity contribution in [1.82, 2.24) is 9.55 Å². The quantitative estimate of drug-likeness (QED) is 0.407. The Morgan fingerprint density at radius 1 is 1.34 bits per heavy atom. The van der Waals surface area contributed by atoms with Crippen molar-refractivity contribution in [2.45, 2.75) is 25.4 Å². The second-order valence-electron chi connectivity index (χ2n) is 6.98. The molecular weight excluding hydrogens is 461 g/mol. The minimum Gasteiger partial charge on any atom is -0.491 e. The molecule has 4 rings (SSSR count). The molecule has 11 heteroatoms. The molecule has 2 unspecified atom stereocenters. The summed E-state index contributed by atoms with van der Waals surface area (Å²) in [5.74, 6) is -0.204. The molecule has 1 aromatic heterocycles. The summed E-state index contributed by atoms with van der Waals surface area (Å²) >= 11 is 12.6. The third-order valence-electron chi connectivity index (χ3n) is 4.67. The molecule has 2 heterocycles. The van der Waals surface area contributed by atoms with E-state index in [0.717, 1.165) is 16.9 Å². The summed E-state index contributed by atoms with van der Waals surface area (Å²) in [4.78, 5) is 12.5. The number of rotatable bonds is 6. The molecule has 1 aliphatic heterocycles. The van der Waals surface area contributed by atoms with E-state index in [1.165, 1.54) is 0 Å². The zero-order valence-electron chi connectivity index (χ0n) is 17.1. The summed E-state index contributed by atoms with van der Waals surface area (Å²) in [6.45, 7) is 3.19. The molecule has 1 N–H and O–H groups in total. The minimum atomic E-state index is -1.50. The molecule has 0 bridgehead atoms. The number of imidazole rings is 1. The van der Waals surface area contributed by atoms with Gasteiger partial charge in [0.2, 0.25) is 5.79 Å². The van der Waals surface area contributed by atoms with Gasteiger partial charge in [0.25, 0.3) is 5.09 Å². The maximum Gasteiger partial charge on any atom is 0.291 e. The number of hydrogen-bond acceptors (Lipinski definition) is 6. The van der Waals surface area contributed by atoms with Crippen LogP contribution in [0.3, 0.4) is 0 Å². The maximum absolute atomic E-state index is 8.36. The van der Waals surface area contributed by atoms with Crippen molar-refractivity contribution in [3.05, 3.63) is 92.5 Å². The number of aromatic nitrogens is 2. The van der Waals surface area contributed by atoms with Gasteiger partial charge in [-0.1, -0.05) is 47.5 Å². The highest BCUT2D eigenvalue weighted by Gasteiger charge is 2.45. The summed E-state index contributed by atoms with van der Waals surface area (Å²) in [6, 6.07) is 13.2. The van der Waals surface area contributed by atoms with E-state index in [0.29, 0.717) is 29.8 Å². The number of para-hydroxylation sites is 1. The third-order valence-corrected chi connectivity index (χ3v) is 5.22. The first-order chi connectivity index (χ1) is 15.3. The molecule has 0 amide bonds. The zero-order valence-corrected chi connectivity index (χ0v) is 18.6. The summed E-state index contributed by atoms with van der Waals surface area (Å²) in [6.07, 6.45) is 5.05. The Kier molecular flexibility index (Phi) is 7.92. The minimum absolute atomic E-state index is 0.241. The van der Waals surface area contributed by atoms with Gasteiger partial charge in [0.1, 0.15) is 18.5 Å². The summed E-state index contributed by atoms with van der Waals surface area (Å²) in [5.41, 5.74) is 1.80. The topological polar surface area (TPSA) is 109 Å². The smallest absolute Gasteiger partial charge is 0.291 e. The fraction of sp³-hybridized carbons (Fsp3) is 0.286. The maximum atomic E-state index is 8.36. The second kappa shape index (κ2) is 10.6. The molecule has 1 aliphatic rings. The van der Waals surface area contributed by atoms with Crippen molar-refractivity contribution in [2.24, 2.45) is 0 Å². The van der Waals surface area contributed by atoms with Crippen LogP contribution in [0.15, 0.2) is 61.2 Å². The van der Waals surface area contributed by atoms with Gasteiger partial charge >= 0.3 is 0 Å². The first-order valence-electron chi connectivity index (χ1n) is 9.54. The second-order valence-corrected chi connectivity index (χ2v) is 7.82. The lowest BCUT2D eigenvalue weighted by Crippen LogP contribution is -2.34. The number of aryl methyl sites for hydroxylation is 1. The Hall–Kier alpha value is -2.85. The summed E-state index contributed by atoms with van der Waals surface area (Å²) in [5, 5.41) is 14.7. The molecule has 2 atom stereocenters. The van der Waals surface area contributed by atoms with Crippen molar-refractivity contribution >= 4 is 23.2 Å². The van der Waals surface area contributed by atoms with Gasteiger partial charge in [-0.2, -0.15) is 0 Å². The number of benzene rings is 2. The molecular formula is C21H21Cl2N3O6. The van der Waals surface area contributed by atoms with E-state index >= 15 is 0 Å². The molecule has 3 aromatic rings. The van der Waals surface area contributed by atoms with E-state index in [-0.39, 0.29) is 6.10 Å². The van der Waals surface area contributed by atoms with Gasteiger partial charge in [-0.25, -0.2) is 4.98 Å². The molecule has 0 saturated carbocycles. The average Bonchev–Trinajstić information content (AvgIpc) is 3.38. The van der Waals surface area contributed by atoms with E-state index in [4.69, 9.17) is 52.7 Å². The van der Waals surface area contributed by atoms with Crippen LogP contribution in [-0.2, 0) is 21.8 Å². The van der Waals surface area contributed by atoms with Crippen molar-refractivity contribution in [2.75, 3.05) is 13.2 Å². The lowest BCUT2D eigenvalue weighted by atomic mass is 10.1. The van der Waals surface area contributed by atoms with Crippen molar-refractivity contribution in [1.29, 1.82) is 0 Å². The SMILES string of the molecule is Cc1ccccc1OCC1COC(Cn2ccnc2)(c2ccc(Cl)cc2Cl)O1.O=[N+]([O-])O. The predicted octanol–water partition coefficient (Wildman–Crippen LogP) is 4.50. The summed E-state index contributed by atoms with van der Waals surface area (Å²) in [7, 11) is 0. The van der Waals surface area contributed by atoms with Crippen LogP contribution in [-0.4, -0.2) is 39.2 Å². The van der Waals surface area contributed by atoms with Gasteiger partial charge in [0, 0.05) is 23.0 Å². The van der Waals surface area contributed by atoms with Gasteiger partial charge in [0.05, 0.1) is 24.5 Å². The standard InChI is InChI=1S/C21H20Cl2N2O3.HNO3/c1-15-4-2-3-5-20(15)26-11-17-12-27-21(28-17,13-25-9-8-24-14-25)18-7-6-16(22)10-19(18)23;2-1(3)4/h2-10,14,17H,11-13H2,1H3;(H,2,3,4). The van der Waals surface area contributed by atoms with Crippen LogP contribution in [0.2, 0.25) is 10.0 Å². The van der Waals surface area contributed by atoms with E-state index in [9.17, 15) is 0 Å². The first kappa shape index (κ1) is 23.8. The highest BCUT2D eigenvalue weighted by molar-refractivity contribution is 6.35. The molecule has 0 aliphatic carbocycles. The Balaban J connectivity index is 0.000000668. The monoisotopic (exact) mass is 481 g/mol. The van der Waals surface area contributed by atoms with Crippen LogP contribution in [0.25, 0.3) is 0 Å². The average molecular weight is 482 g/mol. The molecule has 2 aromatic carbocycles. The van der Waals surface area contributed by atoms with Crippen molar-refractivity contribution in [3.8, 4) is 5.75 Å². The molecule has 1 saturated heterocycles. The molecule has 170 valence electrons. The number of halogens is 2. The van der Waals surface area contributed by atoms with Gasteiger partial charge in [-0.15, -0.1) is 10.1 Å². The van der Waals surface area contributed by atoms with E-state index in [1.807, 2.05) is 48.0 Å². The van der Waals surface area contributed by atoms with Crippen LogP contribution in [0.1, 0.15) is 11.1 Å². The molecule has 1 fully saturated rings. The number of nitrogens with zero attached hydrogens (tertiary/aromatic N) is 3. The highest BCUT2D eigenvalue weighted by Crippen LogP contribution is 2.40. The largest absolute Gasteiger partial charge is 0.491 e. The molecule has 0 spiro atoms. The Labute approximate surface area is 194 Å². The third kappa shape index (κ3) is 6.10. The predicted molar refractivity (Wildman–Crippen MR) is 117 cm³/mol. The van der Waals surface area contributed by atoms with Crippen LogP contribution in [0, 0.1) is 17.0 Å². The lowest BCUT2D eigenvalue weighted by molar-refractivity contribution is -0.742. The normalized spacial score (nSPS) is 19.8. The van der Waals surface area contributed by atoms with Gasteiger partial charge < -0.3 is 24.0 Å². The molecule has 9 nitrogen and oxygen atoms in total. The van der Waals surface area contributed by atoms with Gasteiger partial charge in [0.15, 0.2) is 0 Å². The van der Waals surface area contributed by atoms with Gasteiger partial charge in [-0.3, -0.25) is 0 Å². The van der Waals surface area contributed by atoms with Crippen LogP contribution in [0.4, 0.5) is 0 Å². The van der Waals surface area contributed by atoms with Crippen LogP contribution >= 0.6 is 23.2 Å². The van der Waals surface area contributed by atoms with Crippen LogP contribution in [0.5, 0.6) is 5.75 Å². The van der Waals surface area contributed by atoms with Crippen molar-refractivity contribution < 1.29 is 24.5 Å². The number of hydrogen-bond donors (Lipinski definition) is 1. The molecule has 32 heavy (non-hydrogen) atoms. The molecule has 0 radical (unpaired) electrons. The van der Waals surface area contributed by atoms with Gasteiger partial charge in [-0.05, 0) is 30.7 Å². The van der Waals surface area contributed by atoms with E-state index < -0.39 is 10.9 Å². The zero-order chi connectivity index (χ0) is 23.1. The Bertz CT molecular complexity index is 1050.